The lowest BCUT2D eigenvalue weighted by molar-refractivity contribution is 0.0712. The van der Waals surface area contributed by atoms with E-state index in [4.69, 9.17) is 9.47 Å². The van der Waals surface area contributed by atoms with Gasteiger partial charge in [-0.3, -0.25) is 9.59 Å². The van der Waals surface area contributed by atoms with Crippen LogP contribution in [0.2, 0.25) is 0 Å². The van der Waals surface area contributed by atoms with Gasteiger partial charge in [0.05, 0.1) is 19.8 Å². The van der Waals surface area contributed by atoms with Crippen LogP contribution in [0.3, 0.4) is 0 Å². The van der Waals surface area contributed by atoms with Crippen molar-refractivity contribution in [3.05, 3.63) is 59.7 Å². The molecule has 2 aromatic rings. The number of aliphatic hydroxyl groups excluding tert-OH is 1. The number of ketones is 2. The molecule has 0 radical (unpaired) electrons. The van der Waals surface area contributed by atoms with Crippen LogP contribution in [0.4, 0.5) is 0 Å². The molecule has 1 atom stereocenters. The predicted octanol–water partition coefficient (Wildman–Crippen LogP) is 2.91. The van der Waals surface area contributed by atoms with E-state index in [1.807, 2.05) is 0 Å². The molecule has 5 nitrogen and oxygen atoms in total. The van der Waals surface area contributed by atoms with E-state index in [1.165, 1.54) is 7.11 Å². The number of carbonyl (C=O) groups is 2. The molecule has 5 heteroatoms. The number of Topliss-reactive ketones (excluding diaryl/α,β-unsaturated/α-hetero) is 2. The van der Waals surface area contributed by atoms with E-state index in [2.05, 4.69) is 0 Å². The smallest absolute Gasteiger partial charge is 0.194 e. The lowest BCUT2D eigenvalue weighted by Gasteiger charge is -2.12. The Morgan fingerprint density at radius 3 is 2.29 bits per heavy atom. The second kappa shape index (κ2) is 8.26. The molecule has 0 aliphatic carbocycles. The number of ether oxygens (including phenoxy) is 2. The second-order valence-corrected chi connectivity index (χ2v) is 5.27. The number of hydrogen-bond acceptors (Lipinski definition) is 5. The number of rotatable bonds is 8. The first-order valence-electron chi connectivity index (χ1n) is 7.59. The monoisotopic (exact) mass is 328 g/mol. The SMILES string of the molecule is COc1ccc(C(=O)CC[C@@H](O)C(=O)c2ccccc2OC)cc1. The predicted molar refractivity (Wildman–Crippen MR) is 89.9 cm³/mol. The van der Waals surface area contributed by atoms with Gasteiger partial charge in [0, 0.05) is 12.0 Å². The Bertz CT molecular complexity index is 706. The van der Waals surface area contributed by atoms with Crippen molar-refractivity contribution in [2.24, 2.45) is 0 Å². The summed E-state index contributed by atoms with van der Waals surface area (Å²) < 4.78 is 10.2. The van der Waals surface area contributed by atoms with Crippen molar-refractivity contribution in [2.75, 3.05) is 14.2 Å². The minimum absolute atomic E-state index is 0.0573. The van der Waals surface area contributed by atoms with Crippen LogP contribution >= 0.6 is 0 Å². The van der Waals surface area contributed by atoms with E-state index >= 15 is 0 Å². The van der Waals surface area contributed by atoms with Crippen molar-refractivity contribution in [2.45, 2.75) is 18.9 Å². The van der Waals surface area contributed by atoms with E-state index in [0.717, 1.165) is 0 Å². The normalized spacial score (nSPS) is 11.6. The Morgan fingerprint density at radius 1 is 1.00 bits per heavy atom. The molecule has 0 amide bonds. The number of carbonyl (C=O) groups excluding carboxylic acids is 2. The third-order valence-electron chi connectivity index (χ3n) is 3.73. The first kappa shape index (κ1) is 17.7. The molecular weight excluding hydrogens is 308 g/mol. The van der Waals surface area contributed by atoms with Gasteiger partial charge in [-0.15, -0.1) is 0 Å². The summed E-state index contributed by atoms with van der Waals surface area (Å²) in [6.07, 6.45) is -1.11. The van der Waals surface area contributed by atoms with E-state index in [-0.39, 0.29) is 18.6 Å². The molecule has 0 saturated carbocycles. The fraction of sp³-hybridized carbons (Fsp3) is 0.263. The lowest BCUT2D eigenvalue weighted by Crippen LogP contribution is -2.22. The van der Waals surface area contributed by atoms with Gasteiger partial charge in [0.1, 0.15) is 17.6 Å². The highest BCUT2D eigenvalue weighted by Gasteiger charge is 2.21. The molecule has 0 aliphatic rings. The largest absolute Gasteiger partial charge is 0.497 e. The quantitative estimate of drug-likeness (QED) is 0.754. The minimum atomic E-state index is -1.25. The van der Waals surface area contributed by atoms with Crippen molar-refractivity contribution in [3.63, 3.8) is 0 Å². The Balaban J connectivity index is 1.97. The molecule has 0 aliphatic heterocycles. The molecule has 0 aromatic heterocycles. The second-order valence-electron chi connectivity index (χ2n) is 5.27. The highest BCUT2D eigenvalue weighted by Crippen LogP contribution is 2.21. The van der Waals surface area contributed by atoms with E-state index in [1.54, 1.807) is 55.6 Å². The zero-order chi connectivity index (χ0) is 17.5. The average molecular weight is 328 g/mol. The van der Waals surface area contributed by atoms with Gasteiger partial charge >= 0.3 is 0 Å². The number of aliphatic hydroxyl groups is 1. The Kier molecular flexibility index (Phi) is 6.09. The molecule has 126 valence electrons. The summed E-state index contributed by atoms with van der Waals surface area (Å²) in [5.74, 6) is 0.487. The molecule has 2 rings (SSSR count). The molecule has 0 fully saturated rings. The fourth-order valence-corrected chi connectivity index (χ4v) is 2.35. The van der Waals surface area contributed by atoms with E-state index < -0.39 is 11.9 Å². The molecule has 24 heavy (non-hydrogen) atoms. The molecule has 1 N–H and O–H groups in total. The fourth-order valence-electron chi connectivity index (χ4n) is 2.35. The van der Waals surface area contributed by atoms with Crippen LogP contribution < -0.4 is 9.47 Å². The van der Waals surface area contributed by atoms with Gasteiger partial charge in [0.2, 0.25) is 0 Å². The maximum atomic E-state index is 12.3. The first-order valence-corrected chi connectivity index (χ1v) is 7.59. The number of benzene rings is 2. The van der Waals surface area contributed by atoms with Gasteiger partial charge in [-0.05, 0) is 42.8 Å². The third-order valence-corrected chi connectivity index (χ3v) is 3.73. The maximum Gasteiger partial charge on any atom is 0.194 e. The van der Waals surface area contributed by atoms with Gasteiger partial charge < -0.3 is 14.6 Å². The summed E-state index contributed by atoms with van der Waals surface area (Å²) >= 11 is 0. The highest BCUT2D eigenvalue weighted by atomic mass is 16.5. The van der Waals surface area contributed by atoms with E-state index in [9.17, 15) is 14.7 Å². The Morgan fingerprint density at radius 2 is 1.67 bits per heavy atom. The van der Waals surface area contributed by atoms with Crippen LogP contribution in [0.1, 0.15) is 33.6 Å². The lowest BCUT2D eigenvalue weighted by atomic mass is 9.99. The molecule has 2 aromatic carbocycles. The van der Waals surface area contributed by atoms with Gasteiger partial charge in [-0.1, -0.05) is 12.1 Å². The van der Waals surface area contributed by atoms with Crippen molar-refractivity contribution >= 4 is 11.6 Å². The molecule has 0 saturated heterocycles. The average Bonchev–Trinajstić information content (AvgIpc) is 2.65. The summed E-state index contributed by atoms with van der Waals surface area (Å²) in [5.41, 5.74) is 0.831. The number of hydrogen-bond donors (Lipinski definition) is 1. The maximum absolute atomic E-state index is 12.3. The van der Waals surface area contributed by atoms with Gasteiger partial charge in [-0.25, -0.2) is 0 Å². The third kappa shape index (κ3) is 4.20. The summed E-state index contributed by atoms with van der Waals surface area (Å²) in [6, 6.07) is 13.4. The van der Waals surface area contributed by atoms with Gasteiger partial charge in [0.25, 0.3) is 0 Å². The van der Waals surface area contributed by atoms with Crippen molar-refractivity contribution < 1.29 is 24.2 Å². The summed E-state index contributed by atoms with van der Waals surface area (Å²) in [5, 5.41) is 10.1. The molecule has 0 heterocycles. The Labute approximate surface area is 140 Å². The first-order chi connectivity index (χ1) is 11.6. The van der Waals surface area contributed by atoms with Gasteiger partial charge in [0.15, 0.2) is 11.6 Å². The van der Waals surface area contributed by atoms with Crippen LogP contribution in [-0.2, 0) is 0 Å². The van der Waals surface area contributed by atoms with Crippen LogP contribution in [0.25, 0.3) is 0 Å². The molecule has 0 bridgehead atoms. The topological polar surface area (TPSA) is 72.8 Å². The van der Waals surface area contributed by atoms with Crippen LogP contribution in [0.5, 0.6) is 11.5 Å². The standard InChI is InChI=1S/C19H20O5/c1-23-14-9-7-13(8-10-14)16(20)11-12-17(21)19(22)15-5-3-4-6-18(15)24-2/h3-10,17,21H,11-12H2,1-2H3/t17-/m1/s1. The summed E-state index contributed by atoms with van der Waals surface area (Å²) in [7, 11) is 3.02. The van der Waals surface area contributed by atoms with Crippen molar-refractivity contribution in [1.29, 1.82) is 0 Å². The molecule has 0 unspecified atom stereocenters. The van der Waals surface area contributed by atoms with Crippen LogP contribution in [0.15, 0.2) is 48.5 Å². The minimum Gasteiger partial charge on any atom is -0.497 e. The Hall–Kier alpha value is -2.66. The van der Waals surface area contributed by atoms with Crippen molar-refractivity contribution in [3.8, 4) is 11.5 Å². The van der Waals surface area contributed by atoms with E-state index in [0.29, 0.717) is 22.6 Å². The molecular formula is C19H20O5. The zero-order valence-corrected chi connectivity index (χ0v) is 13.7. The van der Waals surface area contributed by atoms with Crippen LogP contribution in [-0.4, -0.2) is 37.0 Å². The van der Waals surface area contributed by atoms with Crippen LogP contribution in [0, 0.1) is 0 Å². The molecule has 0 spiro atoms. The van der Waals surface area contributed by atoms with Crippen molar-refractivity contribution in [1.82, 2.24) is 0 Å². The highest BCUT2D eigenvalue weighted by molar-refractivity contribution is 6.02. The number of para-hydroxylation sites is 1. The summed E-state index contributed by atoms with van der Waals surface area (Å²) in [6.45, 7) is 0. The summed E-state index contributed by atoms with van der Waals surface area (Å²) in [4.78, 5) is 24.4. The zero-order valence-electron chi connectivity index (χ0n) is 13.7. The number of methoxy groups -OCH3 is 2. The van der Waals surface area contributed by atoms with Gasteiger partial charge in [-0.2, -0.15) is 0 Å².